The van der Waals surface area contributed by atoms with E-state index in [1.54, 1.807) is 11.3 Å². The number of thiophene rings is 1. The topological polar surface area (TPSA) is 32.3 Å². The maximum atomic E-state index is 12.4. The van der Waals surface area contributed by atoms with Gasteiger partial charge < -0.3 is 10.2 Å². The van der Waals surface area contributed by atoms with E-state index in [0.29, 0.717) is 12.5 Å². The van der Waals surface area contributed by atoms with Crippen molar-refractivity contribution in [2.45, 2.75) is 51.6 Å². The first kappa shape index (κ1) is 14.5. The number of hydrogen-bond donors (Lipinski definition) is 1. The molecule has 1 fully saturated rings. The number of nitrogens with zero attached hydrogens (tertiary/aromatic N) is 1. The summed E-state index contributed by atoms with van der Waals surface area (Å²) >= 11 is 1.66. The molecule has 1 N–H and O–H groups in total. The van der Waals surface area contributed by atoms with Gasteiger partial charge in [-0.3, -0.25) is 4.79 Å². The highest BCUT2D eigenvalue weighted by Crippen LogP contribution is 2.14. The second-order valence-electron chi connectivity index (χ2n) is 5.54. The first-order valence-electron chi connectivity index (χ1n) is 7.22. The van der Waals surface area contributed by atoms with Crippen LogP contribution in [0.2, 0.25) is 0 Å². The van der Waals surface area contributed by atoms with Crippen LogP contribution in [-0.2, 0) is 11.2 Å². The van der Waals surface area contributed by atoms with Gasteiger partial charge in [-0.05, 0) is 44.7 Å². The summed E-state index contributed by atoms with van der Waals surface area (Å²) in [6, 6.07) is 4.80. The standard InChI is InChI=1S/C15H24N2OS/c1-12(2)17(11-13-6-3-4-8-16-13)15(18)10-14-7-5-9-19-14/h5,7,9,12-13,16H,3-4,6,8,10-11H2,1-2H3. The van der Waals surface area contributed by atoms with Crippen LogP contribution in [0.1, 0.15) is 38.0 Å². The molecule has 4 heteroatoms. The molecule has 1 aliphatic rings. The molecule has 1 aromatic heterocycles. The molecule has 0 bridgehead atoms. The lowest BCUT2D eigenvalue weighted by Crippen LogP contribution is -2.48. The van der Waals surface area contributed by atoms with Gasteiger partial charge in [-0.15, -0.1) is 11.3 Å². The average molecular weight is 280 g/mol. The maximum absolute atomic E-state index is 12.4. The maximum Gasteiger partial charge on any atom is 0.228 e. The Hall–Kier alpha value is -0.870. The van der Waals surface area contributed by atoms with Gasteiger partial charge in [0.15, 0.2) is 0 Å². The Morgan fingerprint density at radius 2 is 2.37 bits per heavy atom. The molecule has 0 aliphatic carbocycles. The summed E-state index contributed by atoms with van der Waals surface area (Å²) in [6.07, 6.45) is 4.28. The molecule has 1 unspecified atom stereocenters. The van der Waals surface area contributed by atoms with Crippen LogP contribution in [0.25, 0.3) is 0 Å². The molecule has 0 spiro atoms. The normalized spacial score (nSPS) is 19.6. The number of nitrogens with one attached hydrogen (secondary N) is 1. The van der Waals surface area contributed by atoms with Gasteiger partial charge in [0, 0.05) is 23.5 Å². The minimum atomic E-state index is 0.254. The van der Waals surface area contributed by atoms with Gasteiger partial charge in [0.2, 0.25) is 5.91 Å². The van der Waals surface area contributed by atoms with Crippen LogP contribution >= 0.6 is 11.3 Å². The van der Waals surface area contributed by atoms with Crippen molar-refractivity contribution < 1.29 is 4.79 Å². The van der Waals surface area contributed by atoms with E-state index in [4.69, 9.17) is 0 Å². The molecule has 0 radical (unpaired) electrons. The third kappa shape index (κ3) is 4.32. The fourth-order valence-corrected chi connectivity index (χ4v) is 3.28. The van der Waals surface area contributed by atoms with Crippen molar-refractivity contribution >= 4 is 17.2 Å². The molecule has 0 aromatic carbocycles. The van der Waals surface area contributed by atoms with E-state index >= 15 is 0 Å². The zero-order chi connectivity index (χ0) is 13.7. The van der Waals surface area contributed by atoms with Crippen molar-refractivity contribution in [3.8, 4) is 0 Å². The Kier molecular flexibility index (Phi) is 5.40. The highest BCUT2D eigenvalue weighted by molar-refractivity contribution is 7.10. The number of piperidine rings is 1. The summed E-state index contributed by atoms with van der Waals surface area (Å²) in [5, 5.41) is 5.56. The summed E-state index contributed by atoms with van der Waals surface area (Å²) in [5.74, 6) is 0.254. The molecular formula is C15H24N2OS. The Balaban J connectivity index is 1.92. The summed E-state index contributed by atoms with van der Waals surface area (Å²) in [7, 11) is 0. The molecule has 19 heavy (non-hydrogen) atoms. The lowest BCUT2D eigenvalue weighted by Gasteiger charge is -2.33. The van der Waals surface area contributed by atoms with E-state index in [1.807, 2.05) is 22.4 Å². The molecule has 1 amide bonds. The van der Waals surface area contributed by atoms with Crippen LogP contribution in [0, 0.1) is 0 Å². The van der Waals surface area contributed by atoms with Crippen LogP contribution in [0.3, 0.4) is 0 Å². The number of carbonyl (C=O) groups is 1. The van der Waals surface area contributed by atoms with E-state index in [9.17, 15) is 4.79 Å². The van der Waals surface area contributed by atoms with E-state index in [1.165, 1.54) is 19.3 Å². The lowest BCUT2D eigenvalue weighted by molar-refractivity contribution is -0.132. The molecule has 1 aromatic rings. The average Bonchev–Trinajstić information content (AvgIpc) is 2.89. The van der Waals surface area contributed by atoms with E-state index in [0.717, 1.165) is 18.0 Å². The SMILES string of the molecule is CC(C)N(CC1CCCCN1)C(=O)Cc1cccs1. The molecule has 1 saturated heterocycles. The number of carbonyl (C=O) groups excluding carboxylic acids is 1. The summed E-state index contributed by atoms with van der Waals surface area (Å²) < 4.78 is 0. The van der Waals surface area contributed by atoms with Gasteiger partial charge >= 0.3 is 0 Å². The van der Waals surface area contributed by atoms with Gasteiger partial charge in [-0.1, -0.05) is 12.5 Å². The molecule has 1 aliphatic heterocycles. The smallest absolute Gasteiger partial charge is 0.228 e. The zero-order valence-electron chi connectivity index (χ0n) is 11.9. The second-order valence-corrected chi connectivity index (χ2v) is 6.58. The fraction of sp³-hybridized carbons (Fsp3) is 0.667. The third-order valence-corrected chi connectivity index (χ3v) is 4.56. The van der Waals surface area contributed by atoms with Crippen molar-refractivity contribution in [2.24, 2.45) is 0 Å². The first-order valence-corrected chi connectivity index (χ1v) is 8.10. The Bertz CT molecular complexity index is 383. The first-order chi connectivity index (χ1) is 9.16. The molecule has 0 saturated carbocycles. The van der Waals surface area contributed by atoms with E-state index < -0.39 is 0 Å². The van der Waals surface area contributed by atoms with Gasteiger partial charge in [-0.25, -0.2) is 0 Å². The highest BCUT2D eigenvalue weighted by Gasteiger charge is 2.22. The van der Waals surface area contributed by atoms with Crippen LogP contribution in [-0.4, -0.2) is 36.0 Å². The van der Waals surface area contributed by atoms with E-state index in [-0.39, 0.29) is 11.9 Å². The molecule has 106 valence electrons. The largest absolute Gasteiger partial charge is 0.338 e. The zero-order valence-corrected chi connectivity index (χ0v) is 12.7. The number of hydrogen-bond acceptors (Lipinski definition) is 3. The second kappa shape index (κ2) is 7.06. The van der Waals surface area contributed by atoms with Crippen molar-refractivity contribution in [3.05, 3.63) is 22.4 Å². The molecule has 1 atom stereocenters. The van der Waals surface area contributed by atoms with Crippen LogP contribution in [0.15, 0.2) is 17.5 Å². The predicted molar refractivity (Wildman–Crippen MR) is 80.5 cm³/mol. The van der Waals surface area contributed by atoms with Crippen molar-refractivity contribution in [1.82, 2.24) is 10.2 Å². The minimum absolute atomic E-state index is 0.254. The van der Waals surface area contributed by atoms with Crippen LogP contribution in [0.4, 0.5) is 0 Å². The fourth-order valence-electron chi connectivity index (χ4n) is 2.58. The van der Waals surface area contributed by atoms with Crippen molar-refractivity contribution in [3.63, 3.8) is 0 Å². The molecular weight excluding hydrogens is 256 g/mol. The van der Waals surface area contributed by atoms with Gasteiger partial charge in [-0.2, -0.15) is 0 Å². The number of amides is 1. The minimum Gasteiger partial charge on any atom is -0.338 e. The van der Waals surface area contributed by atoms with Gasteiger partial charge in [0.25, 0.3) is 0 Å². The van der Waals surface area contributed by atoms with E-state index in [2.05, 4.69) is 19.2 Å². The molecule has 2 rings (SSSR count). The summed E-state index contributed by atoms with van der Waals surface area (Å²) in [5.41, 5.74) is 0. The van der Waals surface area contributed by atoms with Gasteiger partial charge in [0.05, 0.1) is 6.42 Å². The van der Waals surface area contributed by atoms with Crippen LogP contribution < -0.4 is 5.32 Å². The van der Waals surface area contributed by atoms with Crippen molar-refractivity contribution in [2.75, 3.05) is 13.1 Å². The monoisotopic (exact) mass is 280 g/mol. The van der Waals surface area contributed by atoms with Gasteiger partial charge in [0.1, 0.15) is 0 Å². The third-order valence-electron chi connectivity index (χ3n) is 3.68. The Morgan fingerprint density at radius 1 is 1.53 bits per heavy atom. The highest BCUT2D eigenvalue weighted by atomic mass is 32.1. The van der Waals surface area contributed by atoms with Crippen molar-refractivity contribution in [1.29, 1.82) is 0 Å². The summed E-state index contributed by atoms with van der Waals surface area (Å²) in [6.45, 7) is 6.15. The predicted octanol–water partition coefficient (Wildman–Crippen LogP) is 2.67. The summed E-state index contributed by atoms with van der Waals surface area (Å²) in [4.78, 5) is 15.6. The molecule has 2 heterocycles. The number of rotatable bonds is 5. The Morgan fingerprint density at radius 3 is 2.95 bits per heavy atom. The van der Waals surface area contributed by atoms with Crippen LogP contribution in [0.5, 0.6) is 0 Å². The Labute approximate surface area is 120 Å². The lowest BCUT2D eigenvalue weighted by atomic mass is 10.0. The quantitative estimate of drug-likeness (QED) is 0.899. The molecule has 3 nitrogen and oxygen atoms in total.